The Balaban J connectivity index is 1.52. The molecule has 3 rings (SSSR count). The number of nitrogens with one attached hydrogen (secondary N) is 2. The molecule has 24 heavy (non-hydrogen) atoms. The van der Waals surface area contributed by atoms with E-state index in [2.05, 4.69) is 10.6 Å². The maximum Gasteiger partial charge on any atom is 0.407 e. The fourth-order valence-corrected chi connectivity index (χ4v) is 2.26. The van der Waals surface area contributed by atoms with E-state index in [1.807, 2.05) is 0 Å². The molecule has 1 saturated heterocycles. The Morgan fingerprint density at radius 1 is 1.29 bits per heavy atom. The van der Waals surface area contributed by atoms with Crippen LogP contribution in [0.15, 0.2) is 48.5 Å². The number of alkyl carbamates (subject to hydrolysis) is 1. The smallest absolute Gasteiger partial charge is 0.407 e. The highest BCUT2D eigenvalue weighted by Gasteiger charge is 2.23. The molecule has 2 aromatic rings. The van der Waals surface area contributed by atoms with Crippen LogP contribution in [0.4, 0.5) is 14.9 Å². The molecule has 2 N–H and O–H groups in total. The summed E-state index contributed by atoms with van der Waals surface area (Å²) in [7, 11) is 0. The molecule has 1 aliphatic rings. The van der Waals surface area contributed by atoms with Gasteiger partial charge in [0.2, 0.25) is 0 Å². The quantitative estimate of drug-likeness (QED) is 0.883. The van der Waals surface area contributed by atoms with Gasteiger partial charge in [-0.05, 0) is 29.8 Å². The second-order valence-electron chi connectivity index (χ2n) is 5.19. The molecule has 0 aromatic heterocycles. The van der Waals surface area contributed by atoms with E-state index in [1.54, 1.807) is 30.3 Å². The molecule has 2 amide bonds. The Kier molecular flexibility index (Phi) is 4.60. The molecule has 1 unspecified atom stereocenters. The Labute approximate surface area is 137 Å². The highest BCUT2D eigenvalue weighted by molar-refractivity contribution is 5.91. The number of ether oxygens (including phenoxy) is 2. The number of benzene rings is 2. The second kappa shape index (κ2) is 6.99. The predicted molar refractivity (Wildman–Crippen MR) is 84.2 cm³/mol. The van der Waals surface area contributed by atoms with Gasteiger partial charge in [-0.3, -0.25) is 4.79 Å². The summed E-state index contributed by atoms with van der Waals surface area (Å²) in [5, 5.41) is 5.25. The molecular weight excluding hydrogens is 315 g/mol. The summed E-state index contributed by atoms with van der Waals surface area (Å²) >= 11 is 0. The molecule has 6 nitrogen and oxygen atoms in total. The van der Waals surface area contributed by atoms with Crippen LogP contribution in [0.2, 0.25) is 0 Å². The van der Waals surface area contributed by atoms with Crippen molar-refractivity contribution in [2.24, 2.45) is 0 Å². The molecule has 7 heteroatoms. The third kappa shape index (κ3) is 4.01. The lowest BCUT2D eigenvalue weighted by atomic mass is 10.1. The van der Waals surface area contributed by atoms with Gasteiger partial charge in [0.1, 0.15) is 17.7 Å². The SMILES string of the molecule is O=C(COc1cccc(F)c1)Nc1ccc(C2CNC(=O)O2)cc1. The predicted octanol–water partition coefficient (Wildman–Crippen LogP) is 2.62. The minimum Gasteiger partial charge on any atom is -0.484 e. The summed E-state index contributed by atoms with van der Waals surface area (Å²) in [4.78, 5) is 22.9. The summed E-state index contributed by atoms with van der Waals surface area (Å²) < 4.78 is 23.3. The lowest BCUT2D eigenvalue weighted by molar-refractivity contribution is -0.118. The summed E-state index contributed by atoms with van der Waals surface area (Å²) in [6, 6.07) is 12.5. The third-order valence-electron chi connectivity index (χ3n) is 3.41. The van der Waals surface area contributed by atoms with Crippen LogP contribution in [0.25, 0.3) is 0 Å². The Morgan fingerprint density at radius 3 is 2.75 bits per heavy atom. The monoisotopic (exact) mass is 330 g/mol. The highest BCUT2D eigenvalue weighted by atomic mass is 19.1. The second-order valence-corrected chi connectivity index (χ2v) is 5.19. The number of cyclic esters (lactones) is 1. The molecule has 1 atom stereocenters. The van der Waals surface area contributed by atoms with Gasteiger partial charge in [-0.15, -0.1) is 0 Å². The van der Waals surface area contributed by atoms with E-state index in [-0.39, 0.29) is 24.4 Å². The van der Waals surface area contributed by atoms with Gasteiger partial charge in [-0.25, -0.2) is 9.18 Å². The lowest BCUT2D eigenvalue weighted by Gasteiger charge is -2.10. The fourth-order valence-electron chi connectivity index (χ4n) is 2.26. The van der Waals surface area contributed by atoms with E-state index in [1.165, 1.54) is 18.2 Å². The van der Waals surface area contributed by atoms with E-state index < -0.39 is 11.9 Å². The van der Waals surface area contributed by atoms with Crippen molar-refractivity contribution in [1.29, 1.82) is 0 Å². The first-order valence-corrected chi connectivity index (χ1v) is 7.33. The first-order valence-electron chi connectivity index (χ1n) is 7.33. The van der Waals surface area contributed by atoms with Gasteiger partial charge in [-0.2, -0.15) is 0 Å². The third-order valence-corrected chi connectivity index (χ3v) is 3.41. The van der Waals surface area contributed by atoms with E-state index in [9.17, 15) is 14.0 Å². The molecule has 0 saturated carbocycles. The van der Waals surface area contributed by atoms with E-state index >= 15 is 0 Å². The molecule has 1 fully saturated rings. The zero-order chi connectivity index (χ0) is 16.9. The molecule has 0 radical (unpaired) electrons. The summed E-state index contributed by atoms with van der Waals surface area (Å²) in [5.74, 6) is -0.498. The van der Waals surface area contributed by atoms with E-state index in [0.717, 1.165) is 5.56 Å². The number of anilines is 1. The Bertz CT molecular complexity index is 749. The molecule has 1 aliphatic heterocycles. The number of carbonyl (C=O) groups excluding carboxylic acids is 2. The standard InChI is InChI=1S/C17H15FN2O4/c18-12-2-1-3-14(8-12)23-10-16(21)20-13-6-4-11(5-7-13)15-9-19-17(22)24-15/h1-8,15H,9-10H2,(H,19,22)(H,20,21). The number of amides is 2. The maximum absolute atomic E-state index is 13.0. The minimum atomic E-state index is -0.438. The zero-order valence-corrected chi connectivity index (χ0v) is 12.6. The number of rotatable bonds is 5. The number of halogens is 1. The van der Waals surface area contributed by atoms with Crippen molar-refractivity contribution in [3.05, 3.63) is 59.9 Å². The summed E-state index contributed by atoms with van der Waals surface area (Å²) in [6.45, 7) is 0.196. The fraction of sp³-hybridized carbons (Fsp3) is 0.176. The van der Waals surface area contributed by atoms with Crippen LogP contribution >= 0.6 is 0 Å². The Morgan fingerprint density at radius 2 is 2.08 bits per heavy atom. The van der Waals surface area contributed by atoms with Crippen LogP contribution in [0.1, 0.15) is 11.7 Å². The van der Waals surface area contributed by atoms with Gasteiger partial charge >= 0.3 is 6.09 Å². The average Bonchev–Trinajstić information content (AvgIpc) is 3.00. The van der Waals surface area contributed by atoms with Crippen LogP contribution in [0.3, 0.4) is 0 Å². The average molecular weight is 330 g/mol. The van der Waals surface area contributed by atoms with Crippen LogP contribution in [0.5, 0.6) is 5.75 Å². The van der Waals surface area contributed by atoms with Gasteiger partial charge in [0, 0.05) is 11.8 Å². The number of hydrogen-bond acceptors (Lipinski definition) is 4. The van der Waals surface area contributed by atoms with Crippen molar-refractivity contribution in [1.82, 2.24) is 5.32 Å². The molecular formula is C17H15FN2O4. The van der Waals surface area contributed by atoms with Crippen molar-refractivity contribution in [2.45, 2.75) is 6.10 Å². The molecule has 0 aliphatic carbocycles. The molecule has 1 heterocycles. The van der Waals surface area contributed by atoms with Crippen LogP contribution < -0.4 is 15.4 Å². The first-order chi connectivity index (χ1) is 11.6. The normalized spacial score (nSPS) is 16.2. The van der Waals surface area contributed by atoms with Crippen molar-refractivity contribution in [2.75, 3.05) is 18.5 Å². The highest BCUT2D eigenvalue weighted by Crippen LogP contribution is 2.22. The first kappa shape index (κ1) is 15.8. The molecule has 0 spiro atoms. The molecule has 2 aromatic carbocycles. The largest absolute Gasteiger partial charge is 0.484 e. The van der Waals surface area contributed by atoms with Gasteiger partial charge in [0.05, 0.1) is 6.54 Å². The topological polar surface area (TPSA) is 76.7 Å². The van der Waals surface area contributed by atoms with Crippen LogP contribution in [-0.2, 0) is 9.53 Å². The van der Waals surface area contributed by atoms with Gasteiger partial charge < -0.3 is 20.1 Å². The zero-order valence-electron chi connectivity index (χ0n) is 12.6. The van der Waals surface area contributed by atoms with Crippen molar-refractivity contribution in [3.63, 3.8) is 0 Å². The van der Waals surface area contributed by atoms with Crippen molar-refractivity contribution < 1.29 is 23.5 Å². The van der Waals surface area contributed by atoms with Crippen molar-refractivity contribution in [3.8, 4) is 5.75 Å². The van der Waals surface area contributed by atoms with E-state index in [0.29, 0.717) is 12.2 Å². The van der Waals surface area contributed by atoms with E-state index in [4.69, 9.17) is 9.47 Å². The minimum absolute atomic E-state index is 0.227. The van der Waals surface area contributed by atoms with Crippen LogP contribution in [0, 0.1) is 5.82 Å². The Hall–Kier alpha value is -3.09. The maximum atomic E-state index is 13.0. The number of carbonyl (C=O) groups is 2. The van der Waals surface area contributed by atoms with Crippen molar-refractivity contribution >= 4 is 17.7 Å². The van der Waals surface area contributed by atoms with Crippen LogP contribution in [-0.4, -0.2) is 25.2 Å². The molecule has 0 bridgehead atoms. The summed E-state index contributed by atoms with van der Waals surface area (Å²) in [5.41, 5.74) is 1.42. The lowest BCUT2D eigenvalue weighted by Crippen LogP contribution is -2.20. The van der Waals surface area contributed by atoms with Gasteiger partial charge in [0.25, 0.3) is 5.91 Å². The van der Waals surface area contributed by atoms with Gasteiger partial charge in [-0.1, -0.05) is 18.2 Å². The summed E-state index contributed by atoms with van der Waals surface area (Å²) in [6.07, 6.45) is -0.759. The number of hydrogen-bond donors (Lipinski definition) is 2. The molecule has 124 valence electrons. The van der Waals surface area contributed by atoms with Gasteiger partial charge in [0.15, 0.2) is 6.61 Å².